The Morgan fingerprint density at radius 1 is 1.13 bits per heavy atom. The number of nitrogens with zero attached hydrogens (tertiary/aromatic N) is 2. The molecular weight excluding hydrogens is 391 g/mol. The van der Waals surface area contributed by atoms with Crippen LogP contribution in [0.25, 0.3) is 0 Å². The van der Waals surface area contributed by atoms with E-state index >= 15 is 0 Å². The van der Waals surface area contributed by atoms with Gasteiger partial charge in [-0.1, -0.05) is 36.4 Å². The summed E-state index contributed by atoms with van der Waals surface area (Å²) in [5, 5.41) is 17.9. The molecule has 0 saturated carbocycles. The van der Waals surface area contributed by atoms with E-state index in [1.54, 1.807) is 18.2 Å². The van der Waals surface area contributed by atoms with Gasteiger partial charge in [0.05, 0.1) is 6.04 Å². The van der Waals surface area contributed by atoms with Crippen molar-refractivity contribution in [3.05, 3.63) is 66.4 Å². The third-order valence-electron chi connectivity index (χ3n) is 4.47. The molecule has 3 rings (SSSR count). The van der Waals surface area contributed by atoms with Crippen LogP contribution in [0.5, 0.6) is 0 Å². The van der Waals surface area contributed by atoms with Crippen LogP contribution in [-0.4, -0.2) is 48.0 Å². The number of benzene rings is 2. The highest BCUT2D eigenvalue weighted by molar-refractivity contribution is 6.35. The molecule has 8 nitrogen and oxygen atoms in total. The standard InChI is InChI=1S/C22H25BN6O2/c23-18-14-26-22(29-20(18)25-10-5-11-30)28-17-9-4-8-16(13-17)27-21(31)19(24)12-15-6-2-1-3-7-15/h1-4,6-9,13-14,19,30H,5,10-12,24H2,(H,27,31)(H2,25,26,28,29). The molecule has 0 aliphatic heterocycles. The van der Waals surface area contributed by atoms with E-state index in [4.69, 9.17) is 18.7 Å². The summed E-state index contributed by atoms with van der Waals surface area (Å²) in [4.78, 5) is 21.0. The zero-order chi connectivity index (χ0) is 22.1. The molecule has 31 heavy (non-hydrogen) atoms. The van der Waals surface area contributed by atoms with Crippen LogP contribution < -0.4 is 27.1 Å². The van der Waals surface area contributed by atoms with E-state index in [1.807, 2.05) is 36.4 Å². The SMILES string of the molecule is [B]c1cnc(Nc2cccc(NC(=O)C(N)Cc3ccccc3)c2)nc1NCCCO. The van der Waals surface area contributed by atoms with Gasteiger partial charge in [-0.05, 0) is 42.1 Å². The zero-order valence-electron chi connectivity index (χ0n) is 17.1. The molecule has 1 heterocycles. The van der Waals surface area contributed by atoms with Gasteiger partial charge in [0.25, 0.3) is 0 Å². The van der Waals surface area contributed by atoms with Crippen LogP contribution in [0, 0.1) is 0 Å². The number of aliphatic hydroxyl groups excluding tert-OH is 1. The van der Waals surface area contributed by atoms with E-state index in [0.29, 0.717) is 48.0 Å². The molecule has 2 radical (unpaired) electrons. The lowest BCUT2D eigenvalue weighted by Gasteiger charge is -2.14. The predicted molar refractivity (Wildman–Crippen MR) is 124 cm³/mol. The molecule has 0 spiro atoms. The minimum absolute atomic E-state index is 0.0800. The normalized spacial score (nSPS) is 11.5. The van der Waals surface area contributed by atoms with E-state index in [-0.39, 0.29) is 12.5 Å². The lowest BCUT2D eigenvalue weighted by atomic mass is 9.99. The highest BCUT2D eigenvalue weighted by Gasteiger charge is 2.14. The third-order valence-corrected chi connectivity index (χ3v) is 4.47. The van der Waals surface area contributed by atoms with Crippen molar-refractivity contribution in [2.45, 2.75) is 18.9 Å². The van der Waals surface area contributed by atoms with E-state index in [9.17, 15) is 4.79 Å². The molecular formula is C22H25BN6O2. The third kappa shape index (κ3) is 6.80. The zero-order valence-corrected chi connectivity index (χ0v) is 17.1. The van der Waals surface area contributed by atoms with Gasteiger partial charge in [-0.2, -0.15) is 4.98 Å². The maximum Gasteiger partial charge on any atom is 0.241 e. The number of nitrogens with two attached hydrogens (primary N) is 1. The Hall–Kier alpha value is -3.43. The highest BCUT2D eigenvalue weighted by atomic mass is 16.3. The summed E-state index contributed by atoms with van der Waals surface area (Å²) >= 11 is 0. The Bertz CT molecular complexity index is 1000. The highest BCUT2D eigenvalue weighted by Crippen LogP contribution is 2.19. The average molecular weight is 416 g/mol. The molecule has 0 aliphatic carbocycles. The summed E-state index contributed by atoms with van der Waals surface area (Å²) in [6.45, 7) is 0.624. The molecule has 6 N–H and O–H groups in total. The van der Waals surface area contributed by atoms with Gasteiger partial charge in [-0.15, -0.1) is 0 Å². The molecule has 0 fully saturated rings. The largest absolute Gasteiger partial charge is 0.396 e. The van der Waals surface area contributed by atoms with Crippen LogP contribution in [0.3, 0.4) is 0 Å². The molecule has 0 saturated heterocycles. The maximum atomic E-state index is 12.5. The summed E-state index contributed by atoms with van der Waals surface area (Å²) in [6.07, 6.45) is 2.54. The first-order chi connectivity index (χ1) is 15.0. The molecule has 1 aromatic heterocycles. The summed E-state index contributed by atoms with van der Waals surface area (Å²) in [5.41, 5.74) is 8.78. The smallest absolute Gasteiger partial charge is 0.241 e. The Morgan fingerprint density at radius 2 is 1.90 bits per heavy atom. The Labute approximate surface area is 182 Å². The lowest BCUT2D eigenvalue weighted by molar-refractivity contribution is -0.117. The van der Waals surface area contributed by atoms with Crippen molar-refractivity contribution in [1.29, 1.82) is 0 Å². The fourth-order valence-corrected chi connectivity index (χ4v) is 2.88. The van der Waals surface area contributed by atoms with Crippen LogP contribution in [0.4, 0.5) is 23.1 Å². The van der Waals surface area contributed by atoms with Crippen LogP contribution >= 0.6 is 0 Å². The van der Waals surface area contributed by atoms with Gasteiger partial charge in [0.15, 0.2) is 0 Å². The second-order valence-corrected chi connectivity index (χ2v) is 6.99. The second-order valence-electron chi connectivity index (χ2n) is 6.99. The number of anilines is 4. The number of nitrogens with one attached hydrogen (secondary N) is 3. The number of aliphatic hydroxyl groups is 1. The van der Waals surface area contributed by atoms with Crippen molar-refractivity contribution in [3.8, 4) is 0 Å². The van der Waals surface area contributed by atoms with Gasteiger partial charge in [0.1, 0.15) is 13.7 Å². The van der Waals surface area contributed by atoms with Crippen molar-refractivity contribution in [3.63, 3.8) is 0 Å². The van der Waals surface area contributed by atoms with Crippen molar-refractivity contribution in [1.82, 2.24) is 9.97 Å². The first-order valence-corrected chi connectivity index (χ1v) is 10.00. The van der Waals surface area contributed by atoms with Crippen LogP contribution in [0.15, 0.2) is 60.8 Å². The van der Waals surface area contributed by atoms with E-state index in [1.165, 1.54) is 6.20 Å². The first kappa shape index (κ1) is 22.3. The minimum atomic E-state index is -0.660. The van der Waals surface area contributed by atoms with Gasteiger partial charge in [-0.3, -0.25) is 4.79 Å². The van der Waals surface area contributed by atoms with Gasteiger partial charge in [0, 0.05) is 30.7 Å². The number of amides is 1. The van der Waals surface area contributed by atoms with Crippen molar-refractivity contribution >= 4 is 42.4 Å². The first-order valence-electron chi connectivity index (χ1n) is 10.00. The van der Waals surface area contributed by atoms with E-state index in [2.05, 4.69) is 25.9 Å². The summed E-state index contributed by atoms with van der Waals surface area (Å²) in [5.74, 6) is 0.576. The number of carbonyl (C=O) groups is 1. The minimum Gasteiger partial charge on any atom is -0.396 e. The molecule has 1 amide bonds. The topological polar surface area (TPSA) is 125 Å². The summed E-state index contributed by atoms with van der Waals surface area (Å²) in [6, 6.07) is 16.2. The second kappa shape index (κ2) is 11.1. The fraction of sp³-hybridized carbons (Fsp3) is 0.227. The summed E-state index contributed by atoms with van der Waals surface area (Å²) < 4.78 is 0. The molecule has 1 atom stereocenters. The van der Waals surface area contributed by atoms with E-state index < -0.39 is 6.04 Å². The Balaban J connectivity index is 1.62. The van der Waals surface area contributed by atoms with Gasteiger partial charge in [0.2, 0.25) is 11.9 Å². The quantitative estimate of drug-likeness (QED) is 0.249. The van der Waals surface area contributed by atoms with Crippen molar-refractivity contribution in [2.24, 2.45) is 5.73 Å². The van der Waals surface area contributed by atoms with E-state index in [0.717, 1.165) is 5.56 Å². The Kier molecular flexibility index (Phi) is 7.97. The molecule has 158 valence electrons. The molecule has 1 unspecified atom stereocenters. The number of hydrogen-bond acceptors (Lipinski definition) is 7. The van der Waals surface area contributed by atoms with Crippen LogP contribution in [-0.2, 0) is 11.2 Å². The summed E-state index contributed by atoms with van der Waals surface area (Å²) in [7, 11) is 5.89. The predicted octanol–water partition coefficient (Wildman–Crippen LogP) is 1.32. The van der Waals surface area contributed by atoms with Gasteiger partial charge < -0.3 is 26.8 Å². The molecule has 0 bridgehead atoms. The van der Waals surface area contributed by atoms with Gasteiger partial charge >= 0.3 is 0 Å². The number of aromatic nitrogens is 2. The number of carbonyl (C=O) groups excluding carboxylic acids is 1. The number of hydrogen-bond donors (Lipinski definition) is 5. The molecule has 9 heteroatoms. The van der Waals surface area contributed by atoms with Crippen molar-refractivity contribution < 1.29 is 9.90 Å². The van der Waals surface area contributed by atoms with Crippen molar-refractivity contribution in [2.75, 3.05) is 29.1 Å². The van der Waals surface area contributed by atoms with Gasteiger partial charge in [-0.25, -0.2) is 4.98 Å². The molecule has 0 aliphatic rings. The van der Waals surface area contributed by atoms with Crippen LogP contribution in [0.1, 0.15) is 12.0 Å². The average Bonchev–Trinajstić information content (AvgIpc) is 2.77. The molecule has 3 aromatic rings. The monoisotopic (exact) mass is 416 g/mol. The lowest BCUT2D eigenvalue weighted by Crippen LogP contribution is -2.37. The fourth-order valence-electron chi connectivity index (χ4n) is 2.88. The molecule has 2 aromatic carbocycles. The number of rotatable bonds is 10. The Morgan fingerprint density at radius 3 is 2.68 bits per heavy atom. The van der Waals surface area contributed by atoms with Crippen LogP contribution in [0.2, 0.25) is 0 Å². The maximum absolute atomic E-state index is 12.5.